The van der Waals surface area contributed by atoms with Crippen LogP contribution in [0.2, 0.25) is 0 Å². The summed E-state index contributed by atoms with van der Waals surface area (Å²) in [5.41, 5.74) is 14.6. The van der Waals surface area contributed by atoms with Crippen LogP contribution in [0.15, 0.2) is 41.9 Å². The van der Waals surface area contributed by atoms with Crippen LogP contribution in [0.3, 0.4) is 0 Å². The van der Waals surface area contributed by atoms with Crippen LogP contribution in [-0.4, -0.2) is 33.8 Å². The van der Waals surface area contributed by atoms with E-state index in [4.69, 9.17) is 16.2 Å². The van der Waals surface area contributed by atoms with Crippen LogP contribution in [0.5, 0.6) is 0 Å². The second-order valence-electron chi connectivity index (χ2n) is 8.66. The quantitative estimate of drug-likeness (QED) is 0.309. The Morgan fingerprint density at radius 1 is 1.44 bits per heavy atom. The summed E-state index contributed by atoms with van der Waals surface area (Å²) in [6.45, 7) is 6.35. The van der Waals surface area contributed by atoms with Gasteiger partial charge in [0.25, 0.3) is 0 Å². The van der Waals surface area contributed by atoms with E-state index in [9.17, 15) is 9.59 Å². The SMILES string of the molecule is C=C/C=C\c1c(N)[nH]c(=O)n1C(CCC)CCNC(=O)OC[C@@H]1CCC[C@H](N)c2cccnc21. The fourth-order valence-electron chi connectivity index (χ4n) is 4.60. The molecular formula is C25H36N6O3. The third-order valence-electron chi connectivity index (χ3n) is 6.26. The smallest absolute Gasteiger partial charge is 0.407 e. The molecule has 3 rings (SSSR count). The summed E-state index contributed by atoms with van der Waals surface area (Å²) in [4.78, 5) is 32.1. The Labute approximate surface area is 200 Å². The van der Waals surface area contributed by atoms with Gasteiger partial charge in [-0.3, -0.25) is 14.5 Å². The highest BCUT2D eigenvalue weighted by Gasteiger charge is 2.25. The highest BCUT2D eigenvalue weighted by atomic mass is 16.5. The Kier molecular flexibility index (Phi) is 9.09. The summed E-state index contributed by atoms with van der Waals surface area (Å²) in [5, 5.41) is 2.82. The molecule has 2 aromatic heterocycles. The molecule has 2 aromatic rings. The number of anilines is 1. The molecule has 1 aliphatic rings. The topological polar surface area (TPSA) is 141 Å². The Balaban J connectivity index is 1.58. The minimum Gasteiger partial charge on any atom is -0.449 e. The van der Waals surface area contributed by atoms with Gasteiger partial charge >= 0.3 is 11.8 Å². The van der Waals surface area contributed by atoms with Crippen LogP contribution in [0.25, 0.3) is 6.08 Å². The van der Waals surface area contributed by atoms with E-state index in [1.807, 2.05) is 12.1 Å². The standard InChI is InChI=1S/C25H36N6O3/c1-3-5-12-21-23(27)30-24(32)31(21)18(8-4-2)13-15-29-25(33)34-16-17-9-6-11-20(26)19-10-7-14-28-22(17)19/h3,5,7,10,12,14,17-18,20H,1,4,6,8-9,11,13,15-16,26-27H2,2H3,(H,29,33)(H,30,32)/b12-5-/t17-,18?,20-/m0/s1. The van der Waals surface area contributed by atoms with Gasteiger partial charge in [0, 0.05) is 30.7 Å². The number of imidazole rings is 1. The van der Waals surface area contributed by atoms with Crippen molar-refractivity contribution in [1.82, 2.24) is 19.9 Å². The van der Waals surface area contributed by atoms with Gasteiger partial charge in [0.2, 0.25) is 0 Å². The van der Waals surface area contributed by atoms with Crippen molar-refractivity contribution in [1.29, 1.82) is 0 Å². The van der Waals surface area contributed by atoms with E-state index >= 15 is 0 Å². The number of aromatic amines is 1. The fourth-order valence-corrected chi connectivity index (χ4v) is 4.60. The van der Waals surface area contributed by atoms with Gasteiger partial charge in [-0.1, -0.05) is 44.6 Å². The summed E-state index contributed by atoms with van der Waals surface area (Å²) in [6.07, 6.45) is 11.4. The number of hydrogen-bond acceptors (Lipinski definition) is 6. The van der Waals surface area contributed by atoms with Crippen molar-refractivity contribution in [2.24, 2.45) is 5.73 Å². The van der Waals surface area contributed by atoms with Crippen molar-refractivity contribution in [3.05, 3.63) is 64.5 Å². The fraction of sp³-hybridized carbons (Fsp3) is 0.480. The van der Waals surface area contributed by atoms with Crippen LogP contribution < -0.4 is 22.5 Å². The number of nitrogens with one attached hydrogen (secondary N) is 2. The van der Waals surface area contributed by atoms with Crippen LogP contribution >= 0.6 is 0 Å². The van der Waals surface area contributed by atoms with Crippen LogP contribution in [-0.2, 0) is 4.74 Å². The van der Waals surface area contributed by atoms with Crippen molar-refractivity contribution < 1.29 is 9.53 Å². The first kappa shape index (κ1) is 25.3. The normalized spacial score (nSPS) is 18.8. The first-order valence-electron chi connectivity index (χ1n) is 12.0. The number of carbonyl (C=O) groups is 1. The molecule has 0 bridgehead atoms. The van der Waals surface area contributed by atoms with Gasteiger partial charge in [-0.2, -0.15) is 0 Å². The maximum atomic E-state index is 12.5. The summed E-state index contributed by atoms with van der Waals surface area (Å²) in [5.74, 6) is 0.345. The number of allylic oxidation sites excluding steroid dienone is 2. The van der Waals surface area contributed by atoms with Crippen LogP contribution in [0.1, 0.15) is 80.4 Å². The van der Waals surface area contributed by atoms with Crippen LogP contribution in [0, 0.1) is 0 Å². The molecule has 6 N–H and O–H groups in total. The number of hydrogen-bond donors (Lipinski definition) is 4. The zero-order valence-electron chi connectivity index (χ0n) is 19.8. The molecule has 9 heteroatoms. The molecule has 184 valence electrons. The lowest BCUT2D eigenvalue weighted by atomic mass is 9.98. The second-order valence-corrected chi connectivity index (χ2v) is 8.66. The number of rotatable bonds is 10. The van der Waals surface area contributed by atoms with Crippen molar-refractivity contribution in [3.63, 3.8) is 0 Å². The van der Waals surface area contributed by atoms with E-state index in [0.717, 1.165) is 43.4 Å². The molecule has 3 atom stereocenters. The van der Waals surface area contributed by atoms with Crippen molar-refractivity contribution in [2.45, 2.75) is 63.5 Å². The molecule has 0 spiro atoms. The largest absolute Gasteiger partial charge is 0.449 e. The summed E-state index contributed by atoms with van der Waals surface area (Å²) >= 11 is 0. The van der Waals surface area contributed by atoms with Crippen molar-refractivity contribution in [3.8, 4) is 0 Å². The van der Waals surface area contributed by atoms with Crippen molar-refractivity contribution >= 4 is 18.0 Å². The predicted molar refractivity (Wildman–Crippen MR) is 134 cm³/mol. The van der Waals surface area contributed by atoms with Gasteiger partial charge in [0.1, 0.15) is 12.4 Å². The molecule has 0 saturated carbocycles. The van der Waals surface area contributed by atoms with E-state index in [1.54, 1.807) is 29.0 Å². The van der Waals surface area contributed by atoms with Gasteiger partial charge < -0.3 is 21.5 Å². The van der Waals surface area contributed by atoms with E-state index in [2.05, 4.69) is 28.8 Å². The number of nitrogens with zero attached hydrogens (tertiary/aromatic N) is 2. The molecule has 0 fully saturated rings. The second kappa shape index (κ2) is 12.2. The number of nitrogens with two attached hydrogens (primary N) is 2. The maximum Gasteiger partial charge on any atom is 0.407 e. The number of carbonyl (C=O) groups excluding carboxylic acids is 1. The molecule has 0 radical (unpaired) electrons. The number of ether oxygens (including phenoxy) is 1. The third-order valence-corrected chi connectivity index (χ3v) is 6.26. The lowest BCUT2D eigenvalue weighted by molar-refractivity contribution is 0.136. The lowest BCUT2D eigenvalue weighted by Crippen LogP contribution is -2.31. The zero-order chi connectivity index (χ0) is 24.5. The number of aromatic nitrogens is 3. The molecule has 9 nitrogen and oxygen atoms in total. The predicted octanol–water partition coefficient (Wildman–Crippen LogP) is 3.78. The molecular weight excluding hydrogens is 432 g/mol. The number of alkyl carbamates (subject to hydrolysis) is 1. The molecule has 0 aliphatic heterocycles. The molecule has 34 heavy (non-hydrogen) atoms. The molecule has 2 heterocycles. The number of amides is 1. The highest BCUT2D eigenvalue weighted by molar-refractivity contribution is 5.67. The van der Waals surface area contributed by atoms with Gasteiger partial charge in [-0.15, -0.1) is 0 Å². The van der Waals surface area contributed by atoms with Gasteiger partial charge in [-0.05, 0) is 43.4 Å². The highest BCUT2D eigenvalue weighted by Crippen LogP contribution is 2.33. The molecule has 1 unspecified atom stereocenters. The Bertz CT molecular complexity index is 1060. The first-order chi connectivity index (χ1) is 16.5. The Morgan fingerprint density at radius 2 is 2.26 bits per heavy atom. The monoisotopic (exact) mass is 468 g/mol. The molecule has 1 amide bonds. The minimum atomic E-state index is -0.478. The number of fused-ring (bicyclic) bond motifs is 1. The Morgan fingerprint density at radius 3 is 3.03 bits per heavy atom. The van der Waals surface area contributed by atoms with E-state index in [0.29, 0.717) is 24.5 Å². The number of nitrogen functional groups attached to an aromatic ring is 1. The van der Waals surface area contributed by atoms with Gasteiger partial charge in [0.05, 0.1) is 11.4 Å². The zero-order valence-corrected chi connectivity index (χ0v) is 19.8. The summed E-state index contributed by atoms with van der Waals surface area (Å²) in [7, 11) is 0. The van der Waals surface area contributed by atoms with E-state index < -0.39 is 6.09 Å². The Hall–Kier alpha value is -3.33. The average Bonchev–Trinajstić information content (AvgIpc) is 3.00. The molecule has 1 aliphatic carbocycles. The maximum absolute atomic E-state index is 12.5. The van der Waals surface area contributed by atoms with Crippen molar-refractivity contribution in [2.75, 3.05) is 18.9 Å². The molecule has 0 aromatic carbocycles. The average molecular weight is 469 g/mol. The summed E-state index contributed by atoms with van der Waals surface area (Å²) in [6, 6.07) is 3.75. The third kappa shape index (κ3) is 6.17. The minimum absolute atomic E-state index is 0.0314. The van der Waals surface area contributed by atoms with E-state index in [1.165, 1.54) is 0 Å². The van der Waals surface area contributed by atoms with Gasteiger partial charge in [0.15, 0.2) is 0 Å². The van der Waals surface area contributed by atoms with Gasteiger partial charge in [-0.25, -0.2) is 9.59 Å². The van der Waals surface area contributed by atoms with E-state index in [-0.39, 0.29) is 30.3 Å². The summed E-state index contributed by atoms with van der Waals surface area (Å²) < 4.78 is 7.19. The number of pyridine rings is 1. The lowest BCUT2D eigenvalue weighted by Gasteiger charge is -2.20. The van der Waals surface area contributed by atoms with Crippen LogP contribution in [0.4, 0.5) is 10.6 Å². The first-order valence-corrected chi connectivity index (χ1v) is 12.0. The number of H-pyrrole nitrogens is 1. The molecule has 0 saturated heterocycles.